The van der Waals surface area contributed by atoms with Gasteiger partial charge in [-0.2, -0.15) is 0 Å². The van der Waals surface area contributed by atoms with Crippen LogP contribution in [0.15, 0.2) is 0 Å². The van der Waals surface area contributed by atoms with Gasteiger partial charge in [0, 0.05) is 6.92 Å². The molecule has 0 heterocycles. The fourth-order valence-corrected chi connectivity index (χ4v) is 2.66. The Morgan fingerprint density at radius 2 is 1.40 bits per heavy atom. The van der Waals surface area contributed by atoms with Crippen molar-refractivity contribution in [3.8, 4) is 0 Å². The minimum atomic E-state index is -2.67. The van der Waals surface area contributed by atoms with Gasteiger partial charge in [-0.15, -0.1) is 0 Å². The number of ether oxygens (including phenoxy) is 1. The summed E-state index contributed by atoms with van der Waals surface area (Å²) in [7, 11) is -2.67. The molecule has 0 aromatic rings. The van der Waals surface area contributed by atoms with Gasteiger partial charge in [0.1, 0.15) is 0 Å². The number of hydrogen-bond acceptors (Lipinski definition) is 4. The molecular formula is C14H29NaO4S. The quantitative estimate of drug-likeness (QED) is 0.260. The van der Waals surface area contributed by atoms with Crippen LogP contribution < -0.4 is 0 Å². The summed E-state index contributed by atoms with van der Waals surface area (Å²) in [5.74, 6) is -0.528. The van der Waals surface area contributed by atoms with Crippen molar-refractivity contribution < 1.29 is 17.9 Å². The van der Waals surface area contributed by atoms with E-state index < -0.39 is 22.1 Å². The Kier molecular flexibility index (Phi) is 17.9. The summed E-state index contributed by atoms with van der Waals surface area (Å²) in [6, 6.07) is 0. The van der Waals surface area contributed by atoms with Crippen molar-refractivity contribution in [2.24, 2.45) is 0 Å². The Bertz CT molecular complexity index is 298. The van der Waals surface area contributed by atoms with Gasteiger partial charge in [0.25, 0.3) is 0 Å². The number of unbranched alkanes of at least 4 members (excludes halogenated alkanes) is 8. The fourth-order valence-electron chi connectivity index (χ4n) is 2.03. The SMILES string of the molecule is CCCCCCCCCCCC(OC(C)=O)[SH](=O)=O.[NaH]. The van der Waals surface area contributed by atoms with Gasteiger partial charge in [0.15, 0.2) is 16.1 Å². The third kappa shape index (κ3) is 14.8. The van der Waals surface area contributed by atoms with Crippen LogP contribution in [0.1, 0.15) is 78.1 Å². The molecule has 0 bridgehead atoms. The molecule has 0 N–H and O–H groups in total. The molecule has 0 spiro atoms. The predicted molar refractivity (Wildman–Crippen MR) is 84.9 cm³/mol. The van der Waals surface area contributed by atoms with E-state index in [-0.39, 0.29) is 29.6 Å². The molecule has 1 unspecified atom stereocenters. The van der Waals surface area contributed by atoms with Crippen LogP contribution in [0.25, 0.3) is 0 Å². The van der Waals surface area contributed by atoms with Crippen LogP contribution >= 0.6 is 0 Å². The molecule has 0 aliphatic rings. The van der Waals surface area contributed by atoms with Crippen molar-refractivity contribution in [2.75, 3.05) is 0 Å². The maximum atomic E-state index is 10.9. The number of hydrogen-bond donors (Lipinski definition) is 1. The van der Waals surface area contributed by atoms with Gasteiger partial charge in [-0.25, -0.2) is 8.42 Å². The van der Waals surface area contributed by atoms with Crippen molar-refractivity contribution in [3.63, 3.8) is 0 Å². The van der Waals surface area contributed by atoms with Gasteiger partial charge in [-0.3, -0.25) is 4.79 Å². The Labute approximate surface area is 147 Å². The Balaban J connectivity index is 0. The minimum absolute atomic E-state index is 0. The summed E-state index contributed by atoms with van der Waals surface area (Å²) in [6.45, 7) is 3.45. The third-order valence-corrected chi connectivity index (χ3v) is 3.93. The number of carbonyl (C=O) groups excluding carboxylic acids is 1. The van der Waals surface area contributed by atoms with E-state index in [0.29, 0.717) is 6.42 Å². The molecule has 0 aromatic heterocycles. The summed E-state index contributed by atoms with van der Waals surface area (Å²) in [5.41, 5.74) is -0.933. The van der Waals surface area contributed by atoms with E-state index >= 15 is 0 Å². The number of rotatable bonds is 12. The van der Waals surface area contributed by atoms with E-state index in [4.69, 9.17) is 4.74 Å². The Morgan fingerprint density at radius 1 is 0.950 bits per heavy atom. The monoisotopic (exact) mass is 316 g/mol. The maximum absolute atomic E-state index is 10.9. The first-order valence-electron chi connectivity index (χ1n) is 7.38. The zero-order chi connectivity index (χ0) is 14.5. The van der Waals surface area contributed by atoms with Gasteiger partial charge < -0.3 is 4.74 Å². The van der Waals surface area contributed by atoms with Gasteiger partial charge in [0.2, 0.25) is 0 Å². The summed E-state index contributed by atoms with van der Waals surface area (Å²) < 4.78 is 26.5. The standard InChI is InChI=1S/C14H28O4S.Na.H/c1-3-4-5-6-7-8-9-10-11-12-14(19(16)17)18-13(2)15;;/h14,19H,3-12H2,1-2H3;;. The Hall–Kier alpha value is 0.420. The third-order valence-electron chi connectivity index (χ3n) is 3.09. The zero-order valence-electron chi connectivity index (χ0n) is 12.2. The van der Waals surface area contributed by atoms with Crippen LogP contribution in [-0.4, -0.2) is 49.4 Å². The molecule has 0 saturated carbocycles. The molecule has 6 heteroatoms. The first-order chi connectivity index (χ1) is 9.07. The molecule has 1 atom stereocenters. The number of esters is 1. The van der Waals surface area contributed by atoms with Gasteiger partial charge in [-0.05, 0) is 12.8 Å². The van der Waals surface area contributed by atoms with Crippen molar-refractivity contribution in [3.05, 3.63) is 0 Å². The predicted octanol–water partition coefficient (Wildman–Crippen LogP) is 2.76. The molecule has 116 valence electrons. The number of thiol groups is 1. The van der Waals surface area contributed by atoms with Crippen LogP contribution in [0.5, 0.6) is 0 Å². The van der Waals surface area contributed by atoms with E-state index in [1.54, 1.807) is 0 Å². The molecule has 0 amide bonds. The molecule has 20 heavy (non-hydrogen) atoms. The van der Waals surface area contributed by atoms with E-state index in [0.717, 1.165) is 19.3 Å². The number of carbonyl (C=O) groups is 1. The van der Waals surface area contributed by atoms with Crippen molar-refractivity contribution in [2.45, 2.75) is 83.5 Å². The summed E-state index contributed by atoms with van der Waals surface area (Å²) in [5, 5.41) is 0. The average Bonchev–Trinajstić information content (AvgIpc) is 2.34. The second kappa shape index (κ2) is 15.8. The van der Waals surface area contributed by atoms with E-state index in [2.05, 4.69) is 6.92 Å². The van der Waals surface area contributed by atoms with E-state index in [1.165, 1.54) is 45.4 Å². The molecule has 4 nitrogen and oxygen atoms in total. The molecule has 0 fully saturated rings. The topological polar surface area (TPSA) is 60.4 Å². The molecule has 0 radical (unpaired) electrons. The van der Waals surface area contributed by atoms with Gasteiger partial charge >= 0.3 is 35.5 Å². The van der Waals surface area contributed by atoms with Crippen LogP contribution in [0.2, 0.25) is 0 Å². The summed E-state index contributed by atoms with van der Waals surface area (Å²) in [6.07, 6.45) is 11.1. The van der Waals surface area contributed by atoms with Crippen LogP contribution in [-0.2, 0) is 20.2 Å². The van der Waals surface area contributed by atoms with E-state index in [1.807, 2.05) is 0 Å². The van der Waals surface area contributed by atoms with Crippen LogP contribution in [0, 0.1) is 0 Å². The molecular weight excluding hydrogens is 287 g/mol. The molecule has 0 aromatic carbocycles. The molecule has 0 saturated heterocycles. The second-order valence-corrected chi connectivity index (χ2v) is 6.11. The van der Waals surface area contributed by atoms with Crippen LogP contribution in [0.3, 0.4) is 0 Å². The molecule has 0 aliphatic heterocycles. The summed E-state index contributed by atoms with van der Waals surface area (Å²) >= 11 is 0. The van der Waals surface area contributed by atoms with Gasteiger partial charge in [0.05, 0.1) is 0 Å². The van der Waals surface area contributed by atoms with Crippen molar-refractivity contribution >= 4 is 46.2 Å². The first kappa shape index (κ1) is 22.7. The van der Waals surface area contributed by atoms with Crippen molar-refractivity contribution in [1.29, 1.82) is 0 Å². The summed E-state index contributed by atoms with van der Waals surface area (Å²) in [4.78, 5) is 10.7. The van der Waals surface area contributed by atoms with Gasteiger partial charge in [-0.1, -0.05) is 58.3 Å². The molecule has 0 aliphatic carbocycles. The van der Waals surface area contributed by atoms with Crippen molar-refractivity contribution in [1.82, 2.24) is 0 Å². The molecule has 0 rings (SSSR count). The van der Waals surface area contributed by atoms with Crippen LogP contribution in [0.4, 0.5) is 0 Å². The van der Waals surface area contributed by atoms with E-state index in [9.17, 15) is 13.2 Å². The fraction of sp³-hybridized carbons (Fsp3) is 0.929. The Morgan fingerprint density at radius 3 is 1.80 bits per heavy atom. The normalized spacial score (nSPS) is 11.9. The zero-order valence-corrected chi connectivity index (χ0v) is 13.1. The second-order valence-electron chi connectivity index (χ2n) is 4.97. The first-order valence-corrected chi connectivity index (χ1v) is 8.63. The average molecular weight is 316 g/mol.